The van der Waals surface area contributed by atoms with E-state index < -0.39 is 23.2 Å². The highest BCUT2D eigenvalue weighted by molar-refractivity contribution is 5.92. The van der Waals surface area contributed by atoms with Gasteiger partial charge in [-0.05, 0) is 25.2 Å². The number of rotatable bonds is 3. The molecule has 1 unspecified atom stereocenters. The van der Waals surface area contributed by atoms with Crippen molar-refractivity contribution in [1.82, 2.24) is 5.32 Å². The first-order valence-electron chi connectivity index (χ1n) is 6.40. The van der Waals surface area contributed by atoms with Crippen LogP contribution in [-0.4, -0.2) is 35.7 Å². The first-order valence-corrected chi connectivity index (χ1v) is 6.40. The Hall–Kier alpha value is -1.10. The minimum absolute atomic E-state index is 0.152. The number of carbonyl (C=O) groups excluding carboxylic acids is 1. The van der Waals surface area contributed by atoms with Gasteiger partial charge in [0.2, 0.25) is 5.91 Å². The normalized spacial score (nSPS) is 37.9. The van der Waals surface area contributed by atoms with Crippen molar-refractivity contribution in [2.75, 3.05) is 13.2 Å². The quantitative estimate of drug-likeness (QED) is 0.789. The fourth-order valence-corrected chi connectivity index (χ4v) is 3.00. The van der Waals surface area contributed by atoms with Crippen LogP contribution in [0.5, 0.6) is 0 Å². The zero-order valence-corrected chi connectivity index (χ0v) is 11.2. The third kappa shape index (κ3) is 2.23. The molecule has 5 nitrogen and oxygen atoms in total. The van der Waals surface area contributed by atoms with Crippen LogP contribution < -0.4 is 5.32 Å². The van der Waals surface area contributed by atoms with Crippen molar-refractivity contribution in [3.05, 3.63) is 0 Å². The molecule has 18 heavy (non-hydrogen) atoms. The molecule has 0 spiro atoms. The van der Waals surface area contributed by atoms with Crippen molar-refractivity contribution >= 4 is 11.9 Å². The Bertz CT molecular complexity index is 371. The number of hydrogen-bond acceptors (Lipinski definition) is 3. The number of carboxylic acids is 1. The lowest BCUT2D eigenvalue weighted by Gasteiger charge is -2.34. The molecule has 0 aromatic carbocycles. The Kier molecular flexibility index (Phi) is 3.13. The van der Waals surface area contributed by atoms with Gasteiger partial charge in [-0.2, -0.15) is 0 Å². The third-order valence-electron chi connectivity index (χ3n) is 4.24. The van der Waals surface area contributed by atoms with Crippen LogP contribution >= 0.6 is 0 Å². The van der Waals surface area contributed by atoms with Crippen molar-refractivity contribution < 1.29 is 19.4 Å². The molecule has 0 aromatic rings. The van der Waals surface area contributed by atoms with Gasteiger partial charge >= 0.3 is 5.97 Å². The number of amides is 1. The maximum absolute atomic E-state index is 12.2. The molecule has 1 saturated carbocycles. The largest absolute Gasteiger partial charge is 0.481 e. The van der Waals surface area contributed by atoms with Gasteiger partial charge in [0.25, 0.3) is 0 Å². The number of ether oxygens (including phenoxy) is 1. The summed E-state index contributed by atoms with van der Waals surface area (Å²) in [6.45, 7) is 6.85. The fraction of sp³-hybridized carbons (Fsp3) is 0.846. The second kappa shape index (κ2) is 4.23. The summed E-state index contributed by atoms with van der Waals surface area (Å²) in [7, 11) is 0. The first kappa shape index (κ1) is 13.3. The molecule has 3 atom stereocenters. The predicted octanol–water partition coefficient (Wildman–Crippen LogP) is 1.03. The molecule has 1 amide bonds. The van der Waals surface area contributed by atoms with E-state index in [-0.39, 0.29) is 11.4 Å². The molecule has 0 aromatic heterocycles. The highest BCUT2D eigenvalue weighted by atomic mass is 16.5. The summed E-state index contributed by atoms with van der Waals surface area (Å²) >= 11 is 0. The first-order chi connectivity index (χ1) is 8.28. The van der Waals surface area contributed by atoms with Crippen molar-refractivity contribution in [3.8, 4) is 0 Å². The van der Waals surface area contributed by atoms with E-state index in [2.05, 4.69) is 5.32 Å². The standard InChI is InChI=1S/C13H21NO4/c1-12(2)8(9(12)11(16)17)10(15)14-13(3)5-4-6-18-7-13/h8-9H,4-7H2,1-3H3,(H,14,15)(H,16,17)/t8-,9+,13?/m1/s1. The second-order valence-electron chi connectivity index (χ2n) is 6.32. The summed E-state index contributed by atoms with van der Waals surface area (Å²) in [5, 5.41) is 12.0. The van der Waals surface area contributed by atoms with Crippen LogP contribution in [0, 0.1) is 17.3 Å². The Morgan fingerprint density at radius 1 is 1.28 bits per heavy atom. The summed E-state index contributed by atoms with van der Waals surface area (Å²) < 4.78 is 5.38. The number of carboxylic acid groups (broad SMARTS) is 1. The third-order valence-corrected chi connectivity index (χ3v) is 4.24. The minimum Gasteiger partial charge on any atom is -0.481 e. The van der Waals surface area contributed by atoms with Crippen molar-refractivity contribution in [1.29, 1.82) is 0 Å². The number of carbonyl (C=O) groups is 2. The summed E-state index contributed by atoms with van der Waals surface area (Å²) in [4.78, 5) is 23.2. The van der Waals surface area contributed by atoms with Crippen LogP contribution in [0.2, 0.25) is 0 Å². The van der Waals surface area contributed by atoms with E-state index in [4.69, 9.17) is 9.84 Å². The van der Waals surface area contributed by atoms with Gasteiger partial charge in [0.05, 0.1) is 24.0 Å². The number of hydrogen-bond donors (Lipinski definition) is 2. The van der Waals surface area contributed by atoms with E-state index in [0.717, 1.165) is 19.4 Å². The molecule has 2 fully saturated rings. The SMILES string of the molecule is CC1(NC(=O)[C@H]2[C@@H](C(=O)O)C2(C)C)CCCOC1. The van der Waals surface area contributed by atoms with E-state index in [1.54, 1.807) is 0 Å². The Balaban J connectivity index is 1.99. The van der Waals surface area contributed by atoms with Gasteiger partial charge in [-0.1, -0.05) is 13.8 Å². The summed E-state index contributed by atoms with van der Waals surface area (Å²) in [5.74, 6) is -2.02. The monoisotopic (exact) mass is 255 g/mol. The van der Waals surface area contributed by atoms with Gasteiger partial charge < -0.3 is 15.2 Å². The molecule has 1 aliphatic carbocycles. The average molecular weight is 255 g/mol. The van der Waals surface area contributed by atoms with Crippen LogP contribution in [0.4, 0.5) is 0 Å². The number of nitrogens with one attached hydrogen (secondary N) is 1. The molecule has 0 radical (unpaired) electrons. The fourth-order valence-electron chi connectivity index (χ4n) is 3.00. The summed E-state index contributed by atoms with van der Waals surface area (Å²) in [6.07, 6.45) is 1.80. The van der Waals surface area contributed by atoms with Crippen LogP contribution in [0.1, 0.15) is 33.6 Å². The van der Waals surface area contributed by atoms with Crippen LogP contribution in [0.25, 0.3) is 0 Å². The van der Waals surface area contributed by atoms with E-state index in [9.17, 15) is 9.59 Å². The Morgan fingerprint density at radius 2 is 1.94 bits per heavy atom. The zero-order valence-electron chi connectivity index (χ0n) is 11.2. The van der Waals surface area contributed by atoms with Gasteiger partial charge in [0.1, 0.15) is 0 Å². The van der Waals surface area contributed by atoms with E-state index in [0.29, 0.717) is 6.61 Å². The van der Waals surface area contributed by atoms with E-state index in [1.807, 2.05) is 20.8 Å². The highest BCUT2D eigenvalue weighted by Gasteiger charge is 2.66. The van der Waals surface area contributed by atoms with Crippen molar-refractivity contribution in [2.45, 2.75) is 39.2 Å². The highest BCUT2D eigenvalue weighted by Crippen LogP contribution is 2.58. The molecule has 0 bridgehead atoms. The molecule has 2 rings (SSSR count). The minimum atomic E-state index is -0.884. The molecule has 1 heterocycles. The van der Waals surface area contributed by atoms with Gasteiger partial charge in [0.15, 0.2) is 0 Å². The molecule has 2 aliphatic rings. The summed E-state index contributed by atoms with van der Waals surface area (Å²) in [5.41, 5.74) is -0.793. The van der Waals surface area contributed by atoms with Gasteiger partial charge in [0, 0.05) is 6.61 Å². The topological polar surface area (TPSA) is 75.6 Å². The predicted molar refractivity (Wildman–Crippen MR) is 65.0 cm³/mol. The van der Waals surface area contributed by atoms with Gasteiger partial charge in [-0.25, -0.2) is 0 Å². The Labute approximate surface area is 107 Å². The van der Waals surface area contributed by atoms with E-state index >= 15 is 0 Å². The lowest BCUT2D eigenvalue weighted by Crippen LogP contribution is -2.52. The average Bonchev–Trinajstić information content (AvgIpc) is 2.82. The van der Waals surface area contributed by atoms with Crippen LogP contribution in [0.15, 0.2) is 0 Å². The van der Waals surface area contributed by atoms with Gasteiger partial charge in [-0.3, -0.25) is 9.59 Å². The zero-order chi connectivity index (χ0) is 13.6. The smallest absolute Gasteiger partial charge is 0.307 e. The maximum atomic E-state index is 12.2. The van der Waals surface area contributed by atoms with Gasteiger partial charge in [-0.15, -0.1) is 0 Å². The van der Waals surface area contributed by atoms with Crippen LogP contribution in [0.3, 0.4) is 0 Å². The van der Waals surface area contributed by atoms with Crippen LogP contribution in [-0.2, 0) is 14.3 Å². The van der Waals surface area contributed by atoms with Crippen molar-refractivity contribution in [3.63, 3.8) is 0 Å². The summed E-state index contributed by atoms with van der Waals surface area (Å²) in [6, 6.07) is 0. The Morgan fingerprint density at radius 3 is 2.39 bits per heavy atom. The lowest BCUT2D eigenvalue weighted by atomic mass is 9.94. The molecular weight excluding hydrogens is 234 g/mol. The molecule has 1 saturated heterocycles. The maximum Gasteiger partial charge on any atom is 0.307 e. The lowest BCUT2D eigenvalue weighted by molar-refractivity contribution is -0.140. The molecule has 1 aliphatic heterocycles. The number of aliphatic carboxylic acids is 1. The van der Waals surface area contributed by atoms with E-state index in [1.165, 1.54) is 0 Å². The molecule has 2 N–H and O–H groups in total. The second-order valence-corrected chi connectivity index (χ2v) is 6.32. The molecule has 102 valence electrons. The molecular formula is C13H21NO4. The molecule has 5 heteroatoms. The van der Waals surface area contributed by atoms with Crippen molar-refractivity contribution in [2.24, 2.45) is 17.3 Å².